The van der Waals surface area contributed by atoms with Crippen molar-refractivity contribution < 1.29 is 18.4 Å². The van der Waals surface area contributed by atoms with E-state index in [2.05, 4.69) is 4.98 Å². The van der Waals surface area contributed by atoms with Crippen molar-refractivity contribution in [1.29, 1.82) is 0 Å². The van der Waals surface area contributed by atoms with E-state index in [4.69, 9.17) is 0 Å². The van der Waals surface area contributed by atoms with Gasteiger partial charge in [0, 0.05) is 31.6 Å². The van der Waals surface area contributed by atoms with Gasteiger partial charge in [0.05, 0.1) is 5.69 Å². The first kappa shape index (κ1) is 22.3. The summed E-state index contributed by atoms with van der Waals surface area (Å²) in [6.45, 7) is 3.57. The molecule has 160 valence electrons. The molecule has 0 saturated heterocycles. The topological polar surface area (TPSA) is 50.3 Å². The fourth-order valence-electron chi connectivity index (χ4n) is 3.43. The highest BCUT2D eigenvalue weighted by atomic mass is 19.1. The summed E-state index contributed by atoms with van der Waals surface area (Å²) in [5.74, 6) is -1.21. The summed E-state index contributed by atoms with van der Waals surface area (Å²) in [5, 5.41) is 0. The highest BCUT2D eigenvalue weighted by Crippen LogP contribution is 2.28. The van der Waals surface area contributed by atoms with Crippen molar-refractivity contribution in [2.75, 3.05) is 11.9 Å². The molecule has 31 heavy (non-hydrogen) atoms. The number of carbonyl (C=O) groups excluding carboxylic acids is 2. The SMILES string of the molecule is CCC(=O)N(C)c1ccc(-c2ccc(C(=O)CCc3ccc(F)nc3)c(C)c2)cc1F. The largest absolute Gasteiger partial charge is 0.313 e. The van der Waals surface area contributed by atoms with E-state index in [1.165, 1.54) is 23.2 Å². The van der Waals surface area contributed by atoms with E-state index in [1.54, 1.807) is 44.3 Å². The van der Waals surface area contributed by atoms with Crippen molar-refractivity contribution in [2.24, 2.45) is 0 Å². The van der Waals surface area contributed by atoms with Crippen LogP contribution in [0.2, 0.25) is 0 Å². The molecule has 3 rings (SSSR count). The Morgan fingerprint density at radius 1 is 1.00 bits per heavy atom. The molecule has 4 nitrogen and oxygen atoms in total. The molecule has 1 aromatic heterocycles. The van der Waals surface area contributed by atoms with Gasteiger partial charge in [-0.1, -0.05) is 37.3 Å². The minimum atomic E-state index is -0.547. The molecule has 1 heterocycles. The van der Waals surface area contributed by atoms with Crippen molar-refractivity contribution >= 4 is 17.4 Å². The minimum absolute atomic E-state index is 0.0189. The van der Waals surface area contributed by atoms with E-state index in [1.807, 2.05) is 13.0 Å². The van der Waals surface area contributed by atoms with Gasteiger partial charge < -0.3 is 4.90 Å². The van der Waals surface area contributed by atoms with E-state index in [0.29, 0.717) is 24.0 Å². The number of rotatable bonds is 7. The number of pyridine rings is 1. The van der Waals surface area contributed by atoms with Gasteiger partial charge >= 0.3 is 0 Å². The molecule has 2 aromatic carbocycles. The molecule has 0 aliphatic rings. The third-order valence-electron chi connectivity index (χ3n) is 5.28. The normalized spacial score (nSPS) is 10.7. The molecule has 0 fully saturated rings. The molecule has 0 bridgehead atoms. The molecule has 6 heteroatoms. The monoisotopic (exact) mass is 422 g/mol. The van der Waals surface area contributed by atoms with Crippen LogP contribution >= 0.6 is 0 Å². The molecule has 1 amide bonds. The number of carbonyl (C=O) groups is 2. The van der Waals surface area contributed by atoms with Crippen LogP contribution in [0.25, 0.3) is 11.1 Å². The molecule has 0 aliphatic carbocycles. The van der Waals surface area contributed by atoms with E-state index in [-0.39, 0.29) is 23.8 Å². The zero-order valence-electron chi connectivity index (χ0n) is 17.8. The Bertz CT molecular complexity index is 1110. The standard InChI is InChI=1S/C25H24F2N2O2/c1-4-25(31)29(3)22-10-8-19(14-21(22)26)18-7-9-20(16(2)13-18)23(30)11-5-17-6-12-24(27)28-15-17/h6-10,12-15H,4-5,11H2,1-3H3. The van der Waals surface area contributed by atoms with Gasteiger partial charge in [0.25, 0.3) is 0 Å². The third kappa shape index (κ3) is 5.20. The lowest BCUT2D eigenvalue weighted by atomic mass is 9.95. The Kier molecular flexibility index (Phi) is 6.90. The van der Waals surface area contributed by atoms with Crippen molar-refractivity contribution in [3.8, 4) is 11.1 Å². The van der Waals surface area contributed by atoms with Crippen molar-refractivity contribution in [2.45, 2.75) is 33.1 Å². The quantitative estimate of drug-likeness (QED) is 0.372. The smallest absolute Gasteiger partial charge is 0.226 e. The van der Waals surface area contributed by atoms with Gasteiger partial charge in [-0.15, -0.1) is 0 Å². The summed E-state index contributed by atoms with van der Waals surface area (Å²) in [6.07, 6.45) is 2.49. The molecule has 0 saturated carbocycles. The summed E-state index contributed by atoms with van der Waals surface area (Å²) in [4.78, 5) is 29.4. The van der Waals surface area contributed by atoms with Gasteiger partial charge in [0.1, 0.15) is 5.82 Å². The number of halogens is 2. The summed E-state index contributed by atoms with van der Waals surface area (Å²) in [5.41, 5.74) is 3.87. The molecule has 0 unspecified atom stereocenters. The van der Waals surface area contributed by atoms with Crippen LogP contribution in [0.1, 0.15) is 41.3 Å². The van der Waals surface area contributed by atoms with Crippen LogP contribution in [-0.2, 0) is 11.2 Å². The van der Waals surface area contributed by atoms with Gasteiger partial charge in [0.2, 0.25) is 11.9 Å². The Hall–Kier alpha value is -3.41. The fraction of sp³-hybridized carbons (Fsp3) is 0.240. The number of aromatic nitrogens is 1. The van der Waals surface area contributed by atoms with Crippen molar-refractivity contribution in [3.05, 3.63) is 83.2 Å². The number of aryl methyl sites for hydroxylation is 2. The maximum absolute atomic E-state index is 14.6. The van der Waals surface area contributed by atoms with Crippen molar-refractivity contribution in [1.82, 2.24) is 4.98 Å². The minimum Gasteiger partial charge on any atom is -0.313 e. The van der Waals surface area contributed by atoms with Gasteiger partial charge in [-0.05, 0) is 53.8 Å². The Labute approximate surface area is 180 Å². The molecule has 0 spiro atoms. The first-order chi connectivity index (χ1) is 14.8. The Balaban J connectivity index is 1.75. The van der Waals surface area contributed by atoms with E-state index in [0.717, 1.165) is 16.7 Å². The third-order valence-corrected chi connectivity index (χ3v) is 5.28. The van der Waals surface area contributed by atoms with Gasteiger partial charge in [-0.25, -0.2) is 9.37 Å². The number of nitrogens with zero attached hydrogens (tertiary/aromatic N) is 2. The zero-order valence-corrected chi connectivity index (χ0v) is 17.8. The van der Waals surface area contributed by atoms with Gasteiger partial charge in [-0.3, -0.25) is 9.59 Å². The number of anilines is 1. The maximum Gasteiger partial charge on any atom is 0.226 e. The Morgan fingerprint density at radius 2 is 1.71 bits per heavy atom. The highest BCUT2D eigenvalue weighted by Gasteiger charge is 2.15. The summed E-state index contributed by atoms with van der Waals surface area (Å²) in [7, 11) is 1.55. The van der Waals surface area contributed by atoms with Gasteiger partial charge in [0.15, 0.2) is 5.78 Å². The zero-order chi connectivity index (χ0) is 22.5. The molecule has 0 aliphatic heterocycles. The fourth-order valence-corrected chi connectivity index (χ4v) is 3.43. The molecule has 3 aromatic rings. The predicted molar refractivity (Wildman–Crippen MR) is 117 cm³/mol. The number of hydrogen-bond acceptors (Lipinski definition) is 3. The lowest BCUT2D eigenvalue weighted by molar-refractivity contribution is -0.118. The highest BCUT2D eigenvalue weighted by molar-refractivity contribution is 5.98. The summed E-state index contributed by atoms with van der Waals surface area (Å²) in [6, 6.07) is 13.0. The Morgan fingerprint density at radius 3 is 2.32 bits per heavy atom. The average molecular weight is 422 g/mol. The lowest BCUT2D eigenvalue weighted by Gasteiger charge is -2.18. The first-order valence-corrected chi connectivity index (χ1v) is 10.1. The second-order valence-corrected chi connectivity index (χ2v) is 7.41. The second kappa shape index (κ2) is 9.60. The van der Waals surface area contributed by atoms with Crippen LogP contribution in [0.5, 0.6) is 0 Å². The van der Waals surface area contributed by atoms with E-state index >= 15 is 0 Å². The average Bonchev–Trinajstić information content (AvgIpc) is 2.77. The van der Waals surface area contributed by atoms with Crippen molar-refractivity contribution in [3.63, 3.8) is 0 Å². The second-order valence-electron chi connectivity index (χ2n) is 7.41. The van der Waals surface area contributed by atoms with Crippen LogP contribution < -0.4 is 4.90 Å². The molecular formula is C25H24F2N2O2. The molecule has 0 atom stereocenters. The van der Waals surface area contributed by atoms with E-state index < -0.39 is 11.8 Å². The number of ketones is 1. The molecule has 0 N–H and O–H groups in total. The number of hydrogen-bond donors (Lipinski definition) is 0. The van der Waals surface area contributed by atoms with Crippen LogP contribution in [0.15, 0.2) is 54.7 Å². The van der Waals surface area contributed by atoms with Crippen LogP contribution in [0.3, 0.4) is 0 Å². The van der Waals surface area contributed by atoms with E-state index in [9.17, 15) is 18.4 Å². The van der Waals surface area contributed by atoms with Crippen LogP contribution in [-0.4, -0.2) is 23.7 Å². The first-order valence-electron chi connectivity index (χ1n) is 10.1. The number of amides is 1. The summed E-state index contributed by atoms with van der Waals surface area (Å²) < 4.78 is 27.5. The number of Topliss-reactive ketones (excluding diaryl/α,β-unsaturated/α-hetero) is 1. The van der Waals surface area contributed by atoms with Crippen LogP contribution in [0.4, 0.5) is 14.5 Å². The molecular weight excluding hydrogens is 398 g/mol. The lowest BCUT2D eigenvalue weighted by Crippen LogP contribution is -2.25. The van der Waals surface area contributed by atoms with Gasteiger partial charge in [-0.2, -0.15) is 4.39 Å². The molecule has 0 radical (unpaired) electrons. The maximum atomic E-state index is 14.6. The van der Waals surface area contributed by atoms with Crippen LogP contribution in [0, 0.1) is 18.7 Å². The summed E-state index contributed by atoms with van der Waals surface area (Å²) >= 11 is 0. The number of benzene rings is 2. The predicted octanol–water partition coefficient (Wildman–Crippen LogP) is 5.52.